The maximum absolute atomic E-state index is 12.5. The smallest absolute Gasteiger partial charge is 0.227 e. The molecule has 1 aromatic rings. The summed E-state index contributed by atoms with van der Waals surface area (Å²) in [7, 11) is 0. The van der Waals surface area contributed by atoms with Gasteiger partial charge in [0, 0.05) is 19.6 Å². The summed E-state index contributed by atoms with van der Waals surface area (Å²) < 4.78 is 0. The first kappa shape index (κ1) is 15.1. The van der Waals surface area contributed by atoms with Crippen LogP contribution in [0.2, 0.25) is 0 Å². The molecule has 1 amide bonds. The van der Waals surface area contributed by atoms with Crippen LogP contribution in [-0.2, 0) is 17.8 Å². The maximum atomic E-state index is 12.5. The third kappa shape index (κ3) is 3.07. The summed E-state index contributed by atoms with van der Waals surface area (Å²) in [6.45, 7) is 3.27. The molecule has 20 heavy (non-hydrogen) atoms. The van der Waals surface area contributed by atoms with Crippen molar-refractivity contribution in [2.45, 2.75) is 25.8 Å². The molecule has 3 rings (SSSR count). The molecule has 0 bridgehead atoms. The third-order valence-electron chi connectivity index (χ3n) is 4.16. The van der Waals surface area contributed by atoms with Crippen molar-refractivity contribution >= 4 is 18.3 Å². The van der Waals surface area contributed by atoms with Gasteiger partial charge in [0.2, 0.25) is 5.91 Å². The molecular formula is C15H21ClN2O2. The number of hydrogen-bond acceptors (Lipinski definition) is 3. The number of nitrogens with zero attached hydrogens (tertiary/aromatic N) is 1. The van der Waals surface area contributed by atoms with Crippen molar-refractivity contribution in [1.82, 2.24) is 10.2 Å². The molecular weight excluding hydrogens is 276 g/mol. The van der Waals surface area contributed by atoms with Crippen molar-refractivity contribution in [2.24, 2.45) is 5.92 Å². The van der Waals surface area contributed by atoms with Gasteiger partial charge in [0.15, 0.2) is 0 Å². The lowest BCUT2D eigenvalue weighted by Gasteiger charge is -2.33. The van der Waals surface area contributed by atoms with Crippen molar-refractivity contribution in [3.8, 4) is 5.75 Å². The zero-order valence-corrected chi connectivity index (χ0v) is 12.3. The molecule has 2 heterocycles. The number of halogens is 1. The molecule has 0 spiro atoms. The van der Waals surface area contributed by atoms with Gasteiger partial charge >= 0.3 is 0 Å². The summed E-state index contributed by atoms with van der Waals surface area (Å²) in [5.41, 5.74) is 2.34. The summed E-state index contributed by atoms with van der Waals surface area (Å²) in [6.07, 6.45) is 2.97. The Morgan fingerprint density at radius 1 is 1.35 bits per heavy atom. The fraction of sp³-hybridized carbons (Fsp3) is 0.533. The molecule has 4 nitrogen and oxygen atoms in total. The molecule has 0 aliphatic carbocycles. The minimum Gasteiger partial charge on any atom is -0.508 e. The van der Waals surface area contributed by atoms with Gasteiger partial charge in [-0.25, -0.2) is 0 Å². The Bertz CT molecular complexity index is 487. The van der Waals surface area contributed by atoms with E-state index >= 15 is 0 Å². The Morgan fingerprint density at radius 2 is 2.20 bits per heavy atom. The molecule has 0 aromatic heterocycles. The van der Waals surface area contributed by atoms with Crippen molar-refractivity contribution in [1.29, 1.82) is 0 Å². The number of amides is 1. The maximum Gasteiger partial charge on any atom is 0.227 e. The van der Waals surface area contributed by atoms with E-state index in [0.29, 0.717) is 6.54 Å². The highest BCUT2D eigenvalue weighted by Crippen LogP contribution is 2.25. The molecule has 0 saturated carbocycles. The minimum atomic E-state index is 0. The van der Waals surface area contributed by atoms with Crippen LogP contribution in [0.1, 0.15) is 24.0 Å². The SMILES string of the molecule is Cl.O=C([C@@H]1CCCNC1)N1CCc2ccc(O)cc2C1. The fourth-order valence-electron chi connectivity index (χ4n) is 3.05. The summed E-state index contributed by atoms with van der Waals surface area (Å²) in [5.74, 6) is 0.682. The van der Waals surface area contributed by atoms with Crippen molar-refractivity contribution < 1.29 is 9.90 Å². The third-order valence-corrected chi connectivity index (χ3v) is 4.16. The Labute approximate surface area is 125 Å². The quantitative estimate of drug-likeness (QED) is 0.829. The van der Waals surface area contributed by atoms with Crippen LogP contribution in [0, 0.1) is 5.92 Å². The largest absolute Gasteiger partial charge is 0.508 e. The summed E-state index contributed by atoms with van der Waals surface area (Å²) >= 11 is 0. The molecule has 1 atom stereocenters. The van der Waals surface area contributed by atoms with Gasteiger partial charge in [-0.3, -0.25) is 4.79 Å². The fourth-order valence-corrected chi connectivity index (χ4v) is 3.05. The van der Waals surface area contributed by atoms with Crippen molar-refractivity contribution in [3.63, 3.8) is 0 Å². The standard InChI is InChI=1S/C15H20N2O2.ClH/c18-14-4-3-11-5-7-17(10-13(11)8-14)15(19)12-2-1-6-16-9-12;/h3-4,8,12,16,18H,1-2,5-7,9-10H2;1H/t12-;/m1./s1. The highest BCUT2D eigenvalue weighted by Gasteiger charge is 2.28. The Morgan fingerprint density at radius 3 is 2.95 bits per heavy atom. The van der Waals surface area contributed by atoms with Crippen LogP contribution in [0.25, 0.3) is 0 Å². The predicted octanol–water partition coefficient (Wildman–Crippen LogP) is 1.70. The number of nitrogens with one attached hydrogen (secondary N) is 1. The van der Waals surface area contributed by atoms with E-state index in [0.717, 1.165) is 44.5 Å². The Kier molecular flexibility index (Phi) is 4.89. The molecule has 2 aliphatic rings. The zero-order chi connectivity index (χ0) is 13.2. The number of phenols is 1. The van der Waals surface area contributed by atoms with Gasteiger partial charge in [-0.15, -0.1) is 12.4 Å². The number of piperidine rings is 1. The molecule has 0 radical (unpaired) electrons. The zero-order valence-electron chi connectivity index (χ0n) is 11.5. The molecule has 0 unspecified atom stereocenters. The van der Waals surface area contributed by atoms with Gasteiger partial charge in [-0.05, 0) is 49.1 Å². The van der Waals surface area contributed by atoms with Gasteiger partial charge in [0.25, 0.3) is 0 Å². The lowest BCUT2D eigenvalue weighted by Crippen LogP contribution is -2.44. The second-order valence-corrected chi connectivity index (χ2v) is 5.51. The topological polar surface area (TPSA) is 52.6 Å². The van der Waals surface area contributed by atoms with E-state index in [2.05, 4.69) is 5.32 Å². The van der Waals surface area contributed by atoms with E-state index < -0.39 is 0 Å². The highest BCUT2D eigenvalue weighted by atomic mass is 35.5. The first-order valence-corrected chi connectivity index (χ1v) is 7.04. The monoisotopic (exact) mass is 296 g/mol. The molecule has 2 N–H and O–H groups in total. The van der Waals surface area contributed by atoms with Crippen LogP contribution in [0.4, 0.5) is 0 Å². The first-order valence-electron chi connectivity index (χ1n) is 7.04. The second kappa shape index (κ2) is 6.46. The molecule has 1 fully saturated rings. The summed E-state index contributed by atoms with van der Waals surface area (Å²) in [4.78, 5) is 14.4. The lowest BCUT2D eigenvalue weighted by atomic mass is 9.95. The second-order valence-electron chi connectivity index (χ2n) is 5.51. The summed E-state index contributed by atoms with van der Waals surface area (Å²) in [6, 6.07) is 5.48. The number of aromatic hydroxyl groups is 1. The number of rotatable bonds is 1. The van der Waals surface area contributed by atoms with Crippen LogP contribution in [0.3, 0.4) is 0 Å². The van der Waals surface area contributed by atoms with Gasteiger partial charge in [0.1, 0.15) is 5.75 Å². The van der Waals surface area contributed by atoms with Gasteiger partial charge < -0.3 is 15.3 Å². The van der Waals surface area contributed by atoms with Crippen LogP contribution < -0.4 is 5.32 Å². The van der Waals surface area contributed by atoms with E-state index in [1.165, 1.54) is 5.56 Å². The number of hydrogen-bond donors (Lipinski definition) is 2. The average Bonchev–Trinajstić information content (AvgIpc) is 2.46. The van der Waals surface area contributed by atoms with Crippen LogP contribution in [0.15, 0.2) is 18.2 Å². The predicted molar refractivity (Wildman–Crippen MR) is 80.1 cm³/mol. The number of phenolic OH excluding ortho intramolecular Hbond substituents is 1. The average molecular weight is 297 g/mol. The number of benzene rings is 1. The first-order chi connectivity index (χ1) is 9.24. The van der Waals surface area contributed by atoms with E-state index in [1.807, 2.05) is 11.0 Å². The van der Waals surface area contributed by atoms with E-state index in [9.17, 15) is 9.90 Å². The minimum absolute atomic E-state index is 0. The molecule has 1 saturated heterocycles. The number of carbonyl (C=O) groups is 1. The highest BCUT2D eigenvalue weighted by molar-refractivity contribution is 5.85. The molecule has 2 aliphatic heterocycles. The summed E-state index contributed by atoms with van der Waals surface area (Å²) in [5, 5.41) is 12.8. The van der Waals surface area contributed by atoms with Gasteiger partial charge in [-0.2, -0.15) is 0 Å². The van der Waals surface area contributed by atoms with Crippen LogP contribution in [0.5, 0.6) is 5.75 Å². The number of fused-ring (bicyclic) bond motifs is 1. The van der Waals surface area contributed by atoms with Crippen LogP contribution >= 0.6 is 12.4 Å². The molecule has 110 valence electrons. The number of carbonyl (C=O) groups excluding carboxylic acids is 1. The molecule has 1 aromatic carbocycles. The van der Waals surface area contributed by atoms with Gasteiger partial charge in [-0.1, -0.05) is 6.07 Å². The van der Waals surface area contributed by atoms with Crippen LogP contribution in [-0.4, -0.2) is 35.5 Å². The molecule has 5 heteroatoms. The van der Waals surface area contributed by atoms with Gasteiger partial charge in [0.05, 0.1) is 5.92 Å². The van der Waals surface area contributed by atoms with Crippen molar-refractivity contribution in [2.75, 3.05) is 19.6 Å². The normalized spacial score (nSPS) is 21.8. The van der Waals surface area contributed by atoms with E-state index in [1.54, 1.807) is 12.1 Å². The lowest BCUT2D eigenvalue weighted by molar-refractivity contribution is -0.137. The Hall–Kier alpha value is -1.26. The Balaban J connectivity index is 0.00000147. The van der Waals surface area contributed by atoms with Crippen molar-refractivity contribution in [3.05, 3.63) is 29.3 Å². The van der Waals surface area contributed by atoms with E-state index in [-0.39, 0.29) is 30.0 Å². The van der Waals surface area contributed by atoms with E-state index in [4.69, 9.17) is 0 Å².